The Morgan fingerprint density at radius 3 is 1.57 bits per heavy atom. The van der Waals surface area contributed by atoms with E-state index in [0.29, 0.717) is 35.9 Å². The van der Waals surface area contributed by atoms with Gasteiger partial charge in [-0.2, -0.15) is 0 Å². The van der Waals surface area contributed by atoms with Crippen LogP contribution < -0.4 is 22.6 Å². The molecule has 8 heteroatoms. The highest BCUT2D eigenvalue weighted by Gasteiger charge is 2.21. The molecular weight excluding hydrogens is 464 g/mol. The molecule has 0 bridgehead atoms. The summed E-state index contributed by atoms with van der Waals surface area (Å²) >= 11 is 0. The molecule has 0 spiro atoms. The maximum absolute atomic E-state index is 12.3. The number of hydrogen-bond donors (Lipinski definition) is 2. The minimum atomic E-state index is -0.0786. The van der Waals surface area contributed by atoms with Crippen molar-refractivity contribution in [1.29, 1.82) is 0 Å². The molecule has 4 N–H and O–H groups in total. The van der Waals surface area contributed by atoms with Crippen LogP contribution in [0.1, 0.15) is 27.8 Å². The van der Waals surface area contributed by atoms with Crippen LogP contribution in [0.2, 0.25) is 0 Å². The Kier molecular flexibility index (Phi) is 6.09. The maximum Gasteiger partial charge on any atom is 0.262 e. The molecule has 0 unspecified atom stereocenters. The van der Waals surface area contributed by atoms with Gasteiger partial charge in [0.05, 0.1) is 35.6 Å². The van der Waals surface area contributed by atoms with E-state index in [-0.39, 0.29) is 11.1 Å². The molecule has 0 saturated carbocycles. The summed E-state index contributed by atoms with van der Waals surface area (Å²) in [5, 5.41) is 0. The summed E-state index contributed by atoms with van der Waals surface area (Å²) in [6.45, 7) is 3.03. The third-order valence-corrected chi connectivity index (χ3v) is 6.79. The van der Waals surface area contributed by atoms with Crippen LogP contribution >= 0.6 is 0 Å². The van der Waals surface area contributed by atoms with Crippen molar-refractivity contribution >= 4 is 11.7 Å². The Labute approximate surface area is 214 Å². The number of fused-ring (bicyclic) bond motifs is 2. The summed E-state index contributed by atoms with van der Waals surface area (Å²) < 4.78 is 3.26. The van der Waals surface area contributed by atoms with E-state index in [0.717, 1.165) is 33.6 Å². The number of hydrogen-bond acceptors (Lipinski definition) is 6. The third kappa shape index (κ3) is 4.27. The van der Waals surface area contributed by atoms with Gasteiger partial charge in [-0.3, -0.25) is 19.6 Å². The molecule has 2 aliphatic heterocycles. The molecule has 4 heterocycles. The van der Waals surface area contributed by atoms with E-state index >= 15 is 0 Å². The standard InChI is InChI=1S/C15H15N3O.C14H13N3O/c1-9-3-5-10(6-4-9)12-7-11-8-17-14(16)13(11)15(19)18(12)2;1-17-11(9-5-3-2-4-6-9)7-10-8-16-13(15)12(10)14(17)18/h3-7H,8H2,1-2H3,(H2,16,17);2-7H,8H2,1H3,(H2,15,16). The van der Waals surface area contributed by atoms with Gasteiger partial charge in [-0.15, -0.1) is 0 Å². The van der Waals surface area contributed by atoms with Crippen molar-refractivity contribution in [3.05, 3.63) is 115 Å². The molecule has 4 aromatic rings. The number of aromatic nitrogens is 2. The average Bonchev–Trinajstić information content (AvgIpc) is 3.47. The highest BCUT2D eigenvalue weighted by atomic mass is 16.1. The lowest BCUT2D eigenvalue weighted by Crippen LogP contribution is -2.28. The van der Waals surface area contributed by atoms with E-state index in [1.165, 1.54) is 5.56 Å². The Bertz CT molecular complexity index is 1690. The van der Waals surface area contributed by atoms with Crippen molar-refractivity contribution < 1.29 is 0 Å². The van der Waals surface area contributed by atoms with Gasteiger partial charge >= 0.3 is 0 Å². The van der Waals surface area contributed by atoms with Crippen molar-refractivity contribution in [3.63, 3.8) is 0 Å². The molecule has 8 nitrogen and oxygen atoms in total. The first-order valence-corrected chi connectivity index (χ1v) is 11.9. The van der Waals surface area contributed by atoms with Crippen LogP contribution in [0, 0.1) is 6.92 Å². The zero-order chi connectivity index (χ0) is 26.3. The molecular formula is C29H28N6O2. The van der Waals surface area contributed by atoms with Crippen LogP contribution in [0.25, 0.3) is 22.5 Å². The monoisotopic (exact) mass is 492 g/mol. The maximum atomic E-state index is 12.3. The first kappa shape index (κ1) is 24.0. The minimum Gasteiger partial charge on any atom is -0.383 e. The Morgan fingerprint density at radius 1 is 0.676 bits per heavy atom. The number of rotatable bonds is 2. The second-order valence-corrected chi connectivity index (χ2v) is 9.22. The number of nitrogens with zero attached hydrogens (tertiary/aromatic N) is 4. The van der Waals surface area contributed by atoms with Gasteiger partial charge in [-0.05, 0) is 41.3 Å². The van der Waals surface area contributed by atoms with Crippen molar-refractivity contribution in [3.8, 4) is 22.5 Å². The lowest BCUT2D eigenvalue weighted by atomic mass is 10.0. The number of aliphatic imine (C=N–C) groups is 2. The molecule has 2 aromatic heterocycles. The Hall–Kier alpha value is -4.72. The van der Waals surface area contributed by atoms with E-state index in [4.69, 9.17) is 11.5 Å². The molecule has 186 valence electrons. The second-order valence-electron chi connectivity index (χ2n) is 9.22. The minimum absolute atomic E-state index is 0.0770. The lowest BCUT2D eigenvalue weighted by molar-refractivity contribution is 0.861. The molecule has 37 heavy (non-hydrogen) atoms. The predicted molar refractivity (Wildman–Crippen MR) is 148 cm³/mol. The van der Waals surface area contributed by atoms with Gasteiger partial charge in [0.1, 0.15) is 11.7 Å². The Morgan fingerprint density at radius 2 is 1.11 bits per heavy atom. The largest absolute Gasteiger partial charge is 0.383 e. The van der Waals surface area contributed by atoms with Crippen molar-refractivity contribution in [2.75, 3.05) is 0 Å². The number of benzene rings is 2. The molecule has 0 saturated heterocycles. The summed E-state index contributed by atoms with van der Waals surface area (Å²) in [6.07, 6.45) is 0. The summed E-state index contributed by atoms with van der Waals surface area (Å²) in [7, 11) is 3.53. The van der Waals surface area contributed by atoms with Crippen LogP contribution in [0.4, 0.5) is 0 Å². The molecule has 2 aliphatic rings. The summed E-state index contributed by atoms with van der Waals surface area (Å²) in [5.74, 6) is 0.705. The number of nitrogens with two attached hydrogens (primary N) is 2. The zero-order valence-corrected chi connectivity index (χ0v) is 21.0. The summed E-state index contributed by atoms with van der Waals surface area (Å²) in [4.78, 5) is 32.9. The van der Waals surface area contributed by atoms with Gasteiger partial charge in [-0.25, -0.2) is 0 Å². The highest BCUT2D eigenvalue weighted by Crippen LogP contribution is 2.24. The topological polar surface area (TPSA) is 121 Å². The third-order valence-electron chi connectivity index (χ3n) is 6.79. The first-order valence-electron chi connectivity index (χ1n) is 11.9. The fourth-order valence-corrected chi connectivity index (χ4v) is 4.68. The van der Waals surface area contributed by atoms with Crippen molar-refractivity contribution in [2.45, 2.75) is 20.0 Å². The molecule has 2 aromatic carbocycles. The van der Waals surface area contributed by atoms with E-state index in [1.54, 1.807) is 23.2 Å². The summed E-state index contributed by atoms with van der Waals surface area (Å²) in [6, 6.07) is 22.0. The number of aryl methyl sites for hydroxylation is 1. The molecule has 0 atom stereocenters. The van der Waals surface area contributed by atoms with E-state index < -0.39 is 0 Å². The fourth-order valence-electron chi connectivity index (χ4n) is 4.68. The van der Waals surface area contributed by atoms with Gasteiger partial charge < -0.3 is 20.6 Å². The number of pyridine rings is 2. The van der Waals surface area contributed by atoms with E-state index in [9.17, 15) is 9.59 Å². The first-order chi connectivity index (χ1) is 17.8. The van der Waals surface area contributed by atoms with E-state index in [1.807, 2.05) is 73.7 Å². The van der Waals surface area contributed by atoms with Gasteiger partial charge in [0.25, 0.3) is 11.1 Å². The molecule has 0 aliphatic carbocycles. The van der Waals surface area contributed by atoms with Crippen LogP contribution in [0.15, 0.2) is 86.3 Å². The van der Waals surface area contributed by atoms with Gasteiger partial charge in [0, 0.05) is 14.1 Å². The SMILES string of the molecule is Cc1ccc(-c2cc3c(c(=O)n2C)C(N)=NC3)cc1.Cn1c(-c2ccccc2)cc2c(c1=O)C(N)=NC2. The average molecular weight is 493 g/mol. The Balaban J connectivity index is 0.000000152. The number of amidine groups is 2. The zero-order valence-electron chi connectivity index (χ0n) is 21.0. The lowest BCUT2D eigenvalue weighted by Gasteiger charge is -2.11. The molecule has 6 rings (SSSR count). The normalized spacial score (nSPS) is 13.3. The van der Waals surface area contributed by atoms with Crippen LogP contribution in [-0.4, -0.2) is 20.8 Å². The van der Waals surface area contributed by atoms with Crippen molar-refractivity contribution in [2.24, 2.45) is 35.5 Å². The summed E-state index contributed by atoms with van der Waals surface area (Å²) in [5.41, 5.74) is 19.3. The highest BCUT2D eigenvalue weighted by molar-refractivity contribution is 6.01. The van der Waals surface area contributed by atoms with Crippen LogP contribution in [-0.2, 0) is 27.2 Å². The van der Waals surface area contributed by atoms with Crippen LogP contribution in [0.5, 0.6) is 0 Å². The fraction of sp³-hybridized carbons (Fsp3) is 0.172. The van der Waals surface area contributed by atoms with Gasteiger partial charge in [0.15, 0.2) is 0 Å². The quantitative estimate of drug-likeness (QED) is 0.447. The van der Waals surface area contributed by atoms with Gasteiger partial charge in [0.2, 0.25) is 0 Å². The van der Waals surface area contributed by atoms with Crippen LogP contribution in [0.3, 0.4) is 0 Å². The molecule has 0 radical (unpaired) electrons. The molecule has 0 fully saturated rings. The van der Waals surface area contributed by atoms with E-state index in [2.05, 4.69) is 9.98 Å². The van der Waals surface area contributed by atoms with Gasteiger partial charge in [-0.1, -0.05) is 60.2 Å². The second kappa shape index (κ2) is 9.39. The van der Waals surface area contributed by atoms with Crippen molar-refractivity contribution in [1.82, 2.24) is 9.13 Å². The predicted octanol–water partition coefficient (Wildman–Crippen LogP) is 2.85. The molecule has 0 amide bonds. The smallest absolute Gasteiger partial charge is 0.262 e.